The molecule has 1 N–H and O–H groups in total. The van der Waals surface area contributed by atoms with E-state index in [-0.39, 0.29) is 28.6 Å². The number of benzene rings is 2. The lowest BCUT2D eigenvalue weighted by Gasteiger charge is -2.16. The molecule has 138 valence electrons. The molecule has 0 aromatic heterocycles. The highest BCUT2D eigenvalue weighted by atomic mass is 35.5. The number of nitrogens with zero attached hydrogens (tertiary/aromatic N) is 1. The van der Waals surface area contributed by atoms with Crippen LogP contribution in [0.3, 0.4) is 0 Å². The summed E-state index contributed by atoms with van der Waals surface area (Å²) in [5.74, 6) is -1.85. The van der Waals surface area contributed by atoms with Gasteiger partial charge in [-0.05, 0) is 49.4 Å². The van der Waals surface area contributed by atoms with Gasteiger partial charge in [0, 0.05) is 10.7 Å². The lowest BCUT2D eigenvalue weighted by atomic mass is 10.2. The lowest BCUT2D eigenvalue weighted by Crippen LogP contribution is -2.32. The Morgan fingerprint density at radius 3 is 2.44 bits per heavy atom. The minimum Gasteiger partial charge on any atom is -0.462 e. The number of esters is 1. The average molecular weight is 405 g/mol. The number of halogens is 2. The second-order valence-electron chi connectivity index (χ2n) is 5.54. The van der Waals surface area contributed by atoms with E-state index in [1.165, 1.54) is 18.2 Å². The maximum absolute atomic E-state index is 12.8. The third-order valence-electron chi connectivity index (χ3n) is 3.76. The zero-order valence-electron chi connectivity index (χ0n) is 14.2. The molecule has 0 saturated carbocycles. The van der Waals surface area contributed by atoms with E-state index in [0.717, 1.165) is 4.90 Å². The Morgan fingerprint density at radius 2 is 1.78 bits per heavy atom. The fourth-order valence-corrected chi connectivity index (χ4v) is 2.85. The number of anilines is 2. The van der Waals surface area contributed by atoms with Gasteiger partial charge in [-0.25, -0.2) is 9.69 Å². The van der Waals surface area contributed by atoms with Crippen LogP contribution in [0.1, 0.15) is 17.3 Å². The van der Waals surface area contributed by atoms with Gasteiger partial charge in [-0.15, -0.1) is 0 Å². The molecule has 2 amide bonds. The summed E-state index contributed by atoms with van der Waals surface area (Å²) in [6.07, 6.45) is 0. The smallest absolute Gasteiger partial charge is 0.338 e. The minimum absolute atomic E-state index is 0.0504. The molecule has 0 aliphatic carbocycles. The van der Waals surface area contributed by atoms with Crippen LogP contribution in [0.2, 0.25) is 5.02 Å². The number of carbonyl (C=O) groups excluding carboxylic acids is 3. The van der Waals surface area contributed by atoms with Gasteiger partial charge in [-0.3, -0.25) is 9.59 Å². The Hall–Kier alpha value is -2.83. The Morgan fingerprint density at radius 1 is 1.07 bits per heavy atom. The van der Waals surface area contributed by atoms with Crippen LogP contribution in [-0.4, -0.2) is 24.4 Å². The van der Waals surface area contributed by atoms with Crippen molar-refractivity contribution >= 4 is 52.4 Å². The highest BCUT2D eigenvalue weighted by Crippen LogP contribution is 2.30. The van der Waals surface area contributed by atoms with Gasteiger partial charge in [0.2, 0.25) is 0 Å². The van der Waals surface area contributed by atoms with Crippen molar-refractivity contribution in [2.24, 2.45) is 0 Å². The fraction of sp³-hybridized carbons (Fsp3) is 0.105. The summed E-state index contributed by atoms with van der Waals surface area (Å²) in [5, 5.41) is 3.14. The summed E-state index contributed by atoms with van der Waals surface area (Å²) in [6.45, 7) is 1.90. The molecule has 1 heterocycles. The molecule has 2 aromatic carbocycles. The van der Waals surface area contributed by atoms with Crippen LogP contribution in [0, 0.1) is 0 Å². The molecule has 2 aromatic rings. The number of hydrogen-bond donors (Lipinski definition) is 1. The summed E-state index contributed by atoms with van der Waals surface area (Å²) in [7, 11) is 0. The SMILES string of the molecule is CCOC(=O)c1cccc(N2C(=O)C(Cl)=C(Nc3ccc(Cl)cc3)C2=O)c1. The zero-order chi connectivity index (χ0) is 19.6. The topological polar surface area (TPSA) is 75.7 Å². The molecule has 0 radical (unpaired) electrons. The van der Waals surface area contributed by atoms with Crippen molar-refractivity contribution in [2.75, 3.05) is 16.8 Å². The third kappa shape index (κ3) is 3.82. The van der Waals surface area contributed by atoms with Gasteiger partial charge in [-0.1, -0.05) is 29.3 Å². The van der Waals surface area contributed by atoms with Crippen LogP contribution in [0.4, 0.5) is 11.4 Å². The predicted octanol–water partition coefficient (Wildman–Crippen LogP) is 3.95. The molecule has 0 atom stereocenters. The van der Waals surface area contributed by atoms with Gasteiger partial charge in [0.05, 0.1) is 17.9 Å². The first-order chi connectivity index (χ1) is 12.9. The van der Waals surface area contributed by atoms with Crippen molar-refractivity contribution in [1.29, 1.82) is 0 Å². The van der Waals surface area contributed by atoms with Crippen molar-refractivity contribution in [2.45, 2.75) is 6.92 Å². The van der Waals surface area contributed by atoms with Crippen LogP contribution >= 0.6 is 23.2 Å². The van der Waals surface area contributed by atoms with Crippen LogP contribution in [0.25, 0.3) is 0 Å². The number of ether oxygens (including phenoxy) is 1. The number of carbonyl (C=O) groups is 3. The van der Waals surface area contributed by atoms with Crippen LogP contribution in [-0.2, 0) is 14.3 Å². The standard InChI is InChI=1S/C19H14Cl2N2O4/c1-2-27-19(26)11-4-3-5-14(10-11)23-17(24)15(21)16(18(23)25)22-13-8-6-12(20)7-9-13/h3-10,22H,2H2,1H3. The molecule has 6 nitrogen and oxygen atoms in total. The normalized spacial score (nSPS) is 14.0. The first-order valence-corrected chi connectivity index (χ1v) is 8.76. The number of rotatable bonds is 5. The van der Waals surface area contributed by atoms with E-state index in [4.69, 9.17) is 27.9 Å². The zero-order valence-corrected chi connectivity index (χ0v) is 15.7. The quantitative estimate of drug-likeness (QED) is 0.602. The molecule has 0 spiro atoms. The molecule has 0 saturated heterocycles. The summed E-state index contributed by atoms with van der Waals surface area (Å²) < 4.78 is 4.94. The molecule has 1 aliphatic heterocycles. The maximum atomic E-state index is 12.8. The average Bonchev–Trinajstić information content (AvgIpc) is 2.87. The number of hydrogen-bond acceptors (Lipinski definition) is 5. The molecule has 27 heavy (non-hydrogen) atoms. The van der Waals surface area contributed by atoms with Gasteiger partial charge in [-0.2, -0.15) is 0 Å². The minimum atomic E-state index is -0.681. The van der Waals surface area contributed by atoms with Crippen molar-refractivity contribution < 1.29 is 19.1 Å². The first-order valence-electron chi connectivity index (χ1n) is 8.00. The summed E-state index contributed by atoms with van der Waals surface area (Å²) in [6, 6.07) is 12.6. The van der Waals surface area contributed by atoms with Gasteiger partial charge in [0.25, 0.3) is 11.8 Å². The Kier molecular flexibility index (Phi) is 5.48. The van der Waals surface area contributed by atoms with Gasteiger partial charge in [0.15, 0.2) is 0 Å². The lowest BCUT2D eigenvalue weighted by molar-refractivity contribution is -0.120. The monoisotopic (exact) mass is 404 g/mol. The van der Waals surface area contributed by atoms with Crippen molar-refractivity contribution in [3.8, 4) is 0 Å². The van der Waals surface area contributed by atoms with Crippen molar-refractivity contribution in [3.05, 3.63) is 69.8 Å². The van der Waals surface area contributed by atoms with E-state index in [0.29, 0.717) is 10.7 Å². The van der Waals surface area contributed by atoms with Gasteiger partial charge in [0.1, 0.15) is 10.7 Å². The van der Waals surface area contributed by atoms with E-state index in [1.54, 1.807) is 37.3 Å². The van der Waals surface area contributed by atoms with Gasteiger partial charge < -0.3 is 10.1 Å². The Bertz CT molecular complexity index is 954. The highest BCUT2D eigenvalue weighted by Gasteiger charge is 2.39. The van der Waals surface area contributed by atoms with Crippen LogP contribution in [0.5, 0.6) is 0 Å². The highest BCUT2D eigenvalue weighted by molar-refractivity contribution is 6.53. The van der Waals surface area contributed by atoms with E-state index < -0.39 is 17.8 Å². The van der Waals surface area contributed by atoms with E-state index >= 15 is 0 Å². The number of amides is 2. The Balaban J connectivity index is 1.88. The predicted molar refractivity (Wildman–Crippen MR) is 103 cm³/mol. The van der Waals surface area contributed by atoms with Crippen molar-refractivity contribution in [1.82, 2.24) is 0 Å². The molecular weight excluding hydrogens is 391 g/mol. The molecule has 3 rings (SSSR count). The molecule has 0 fully saturated rings. The summed E-state index contributed by atoms with van der Waals surface area (Å²) >= 11 is 11.9. The third-order valence-corrected chi connectivity index (χ3v) is 4.36. The number of nitrogens with one attached hydrogen (secondary N) is 1. The maximum Gasteiger partial charge on any atom is 0.338 e. The van der Waals surface area contributed by atoms with Crippen LogP contribution in [0.15, 0.2) is 59.3 Å². The number of imide groups is 1. The molecular formula is C19H14Cl2N2O4. The van der Waals surface area contributed by atoms with Crippen LogP contribution < -0.4 is 10.2 Å². The summed E-state index contributed by atoms with van der Waals surface area (Å²) in [4.78, 5) is 38.1. The summed E-state index contributed by atoms with van der Waals surface area (Å²) in [5.41, 5.74) is 0.952. The van der Waals surface area contributed by atoms with E-state index in [1.807, 2.05) is 0 Å². The molecule has 8 heteroatoms. The van der Waals surface area contributed by atoms with E-state index in [9.17, 15) is 14.4 Å². The molecule has 1 aliphatic rings. The molecule has 0 unspecified atom stereocenters. The second-order valence-corrected chi connectivity index (χ2v) is 6.35. The first kappa shape index (κ1) is 18.9. The fourth-order valence-electron chi connectivity index (χ4n) is 2.51. The largest absolute Gasteiger partial charge is 0.462 e. The van der Waals surface area contributed by atoms with Crippen molar-refractivity contribution in [3.63, 3.8) is 0 Å². The Labute approximate surface area is 165 Å². The van der Waals surface area contributed by atoms with E-state index in [2.05, 4.69) is 5.32 Å². The second kappa shape index (κ2) is 7.82. The molecule has 0 bridgehead atoms. The van der Waals surface area contributed by atoms with Gasteiger partial charge >= 0.3 is 5.97 Å².